The summed E-state index contributed by atoms with van der Waals surface area (Å²) in [5.74, 6) is -0.289. The highest BCUT2D eigenvalue weighted by Gasteiger charge is 2.43. The van der Waals surface area contributed by atoms with Crippen molar-refractivity contribution >= 4 is 29.4 Å². The Morgan fingerprint density at radius 3 is 2.84 bits per heavy atom. The first-order valence-corrected chi connectivity index (χ1v) is 11.1. The van der Waals surface area contributed by atoms with Crippen molar-refractivity contribution in [2.75, 3.05) is 32.8 Å². The summed E-state index contributed by atoms with van der Waals surface area (Å²) in [5, 5.41) is 6.29. The largest absolute Gasteiger partial charge is 0.376 e. The van der Waals surface area contributed by atoms with Crippen molar-refractivity contribution in [1.82, 2.24) is 20.4 Å². The fourth-order valence-corrected chi connectivity index (χ4v) is 4.61. The molecule has 0 radical (unpaired) electrons. The van der Waals surface area contributed by atoms with Gasteiger partial charge in [0, 0.05) is 37.7 Å². The summed E-state index contributed by atoms with van der Waals surface area (Å²) in [6, 6.07) is 6.33. The number of nitrogens with zero attached hydrogens (tertiary/aromatic N) is 2. The van der Waals surface area contributed by atoms with E-state index in [1.54, 1.807) is 15.9 Å². The van der Waals surface area contributed by atoms with Crippen molar-refractivity contribution < 1.29 is 19.1 Å². The lowest BCUT2D eigenvalue weighted by molar-refractivity contribution is -0.127. The molecular weight excluding hydrogens is 420 g/mol. The van der Waals surface area contributed by atoms with Gasteiger partial charge >= 0.3 is 6.03 Å². The van der Waals surface area contributed by atoms with Gasteiger partial charge in [0.05, 0.1) is 30.0 Å². The zero-order valence-electron chi connectivity index (χ0n) is 17.5. The van der Waals surface area contributed by atoms with Crippen LogP contribution in [-0.4, -0.2) is 66.5 Å². The Balaban J connectivity index is 1.46. The number of hydrogen-bond acceptors (Lipinski definition) is 4. The van der Waals surface area contributed by atoms with E-state index in [0.29, 0.717) is 41.5 Å². The van der Waals surface area contributed by atoms with E-state index in [2.05, 4.69) is 10.6 Å². The van der Waals surface area contributed by atoms with Gasteiger partial charge in [0.25, 0.3) is 5.91 Å². The van der Waals surface area contributed by atoms with Crippen molar-refractivity contribution in [3.63, 3.8) is 0 Å². The van der Waals surface area contributed by atoms with Crippen molar-refractivity contribution in [1.29, 1.82) is 0 Å². The van der Waals surface area contributed by atoms with Gasteiger partial charge in [0.1, 0.15) is 0 Å². The Bertz CT molecular complexity index is 913. The zero-order chi connectivity index (χ0) is 22.0. The smallest absolute Gasteiger partial charge is 0.322 e. The standard InChI is InChI=1S/C22H27ClN4O4/c1-2-27-17-13-26(10-9-18(28)24-12-14-6-5-11-31-14)21(29)19(17)20(25-22(27)30)15-7-3-4-8-16(15)23/h3-4,7-8,14,20H,2,5-6,9-13H2,1H3,(H,24,28)(H,25,30)/t14-,20+/m0/s1. The van der Waals surface area contributed by atoms with Gasteiger partial charge in [-0.3, -0.25) is 14.5 Å². The molecule has 3 aliphatic heterocycles. The van der Waals surface area contributed by atoms with Crippen LogP contribution >= 0.6 is 11.6 Å². The van der Waals surface area contributed by atoms with Crippen LogP contribution < -0.4 is 10.6 Å². The second kappa shape index (κ2) is 9.28. The number of nitrogens with one attached hydrogen (secondary N) is 2. The Morgan fingerprint density at radius 2 is 2.13 bits per heavy atom. The summed E-state index contributed by atoms with van der Waals surface area (Å²) in [6.45, 7) is 4.14. The van der Waals surface area contributed by atoms with Crippen molar-refractivity contribution in [3.05, 3.63) is 46.1 Å². The molecule has 2 N–H and O–H groups in total. The summed E-state index contributed by atoms with van der Waals surface area (Å²) in [4.78, 5) is 41.4. The molecule has 1 aromatic carbocycles. The van der Waals surface area contributed by atoms with Crippen LogP contribution in [0.1, 0.15) is 37.8 Å². The first-order chi connectivity index (χ1) is 15.0. The predicted octanol–water partition coefficient (Wildman–Crippen LogP) is 2.21. The van der Waals surface area contributed by atoms with E-state index in [-0.39, 0.29) is 36.9 Å². The predicted molar refractivity (Wildman–Crippen MR) is 115 cm³/mol. The molecule has 4 rings (SSSR count). The molecule has 1 fully saturated rings. The lowest BCUT2D eigenvalue weighted by Crippen LogP contribution is -2.47. The number of rotatable bonds is 7. The van der Waals surface area contributed by atoms with Crippen LogP contribution in [0.3, 0.4) is 0 Å². The second-order valence-corrected chi connectivity index (χ2v) is 8.33. The molecule has 1 aromatic rings. The number of hydrogen-bond donors (Lipinski definition) is 2. The van der Waals surface area contributed by atoms with Gasteiger partial charge in [0.15, 0.2) is 0 Å². The normalized spacial score (nSPS) is 23.3. The molecule has 0 aromatic heterocycles. The minimum absolute atomic E-state index is 0.0814. The summed E-state index contributed by atoms with van der Waals surface area (Å²) >= 11 is 6.37. The number of amides is 4. The van der Waals surface area contributed by atoms with Gasteiger partial charge in [-0.15, -0.1) is 0 Å². The number of likely N-dealkylation sites (N-methyl/N-ethyl adjacent to an activating group) is 1. The SMILES string of the molecule is CCN1C(=O)N[C@H](c2ccccc2Cl)C2=C1CN(CCC(=O)NC[C@@H]1CCCO1)C2=O. The van der Waals surface area contributed by atoms with Crippen LogP contribution in [0.15, 0.2) is 35.5 Å². The molecule has 8 nitrogen and oxygen atoms in total. The van der Waals surface area contributed by atoms with Gasteiger partial charge in [-0.1, -0.05) is 29.8 Å². The van der Waals surface area contributed by atoms with Gasteiger partial charge in [-0.2, -0.15) is 0 Å². The molecule has 166 valence electrons. The minimum atomic E-state index is -0.607. The third-order valence-electron chi connectivity index (χ3n) is 5.99. The van der Waals surface area contributed by atoms with Crippen LogP contribution in [0.2, 0.25) is 5.02 Å². The molecule has 0 bridgehead atoms. The van der Waals surface area contributed by atoms with E-state index in [0.717, 1.165) is 19.4 Å². The summed E-state index contributed by atoms with van der Waals surface area (Å²) in [6.07, 6.45) is 2.26. The quantitative estimate of drug-likeness (QED) is 0.671. The third kappa shape index (κ3) is 4.41. The second-order valence-electron chi connectivity index (χ2n) is 7.92. The first kappa shape index (κ1) is 21.6. The number of urea groups is 1. The molecule has 0 aliphatic carbocycles. The Hall–Kier alpha value is -2.58. The summed E-state index contributed by atoms with van der Waals surface area (Å²) < 4.78 is 5.52. The van der Waals surface area contributed by atoms with Gasteiger partial charge in [-0.05, 0) is 31.4 Å². The number of halogens is 1. The van der Waals surface area contributed by atoms with Crippen molar-refractivity contribution in [2.24, 2.45) is 0 Å². The molecule has 2 atom stereocenters. The summed E-state index contributed by atoms with van der Waals surface area (Å²) in [7, 11) is 0. The molecule has 3 aliphatic rings. The topological polar surface area (TPSA) is 91.0 Å². The lowest BCUT2D eigenvalue weighted by Gasteiger charge is -2.33. The average Bonchev–Trinajstić information content (AvgIpc) is 3.39. The van der Waals surface area contributed by atoms with Gasteiger partial charge in [-0.25, -0.2) is 4.79 Å². The number of ether oxygens (including phenoxy) is 1. The highest BCUT2D eigenvalue weighted by atomic mass is 35.5. The van der Waals surface area contributed by atoms with E-state index in [1.807, 2.05) is 25.1 Å². The summed E-state index contributed by atoms with van der Waals surface area (Å²) in [5.41, 5.74) is 1.89. The van der Waals surface area contributed by atoms with Crippen molar-refractivity contribution in [2.45, 2.75) is 38.3 Å². The highest BCUT2D eigenvalue weighted by molar-refractivity contribution is 6.31. The van der Waals surface area contributed by atoms with Crippen LogP contribution in [0.25, 0.3) is 0 Å². The maximum atomic E-state index is 13.3. The molecule has 9 heteroatoms. The average molecular weight is 447 g/mol. The molecule has 0 saturated carbocycles. The van der Waals surface area contributed by atoms with E-state index >= 15 is 0 Å². The zero-order valence-corrected chi connectivity index (χ0v) is 18.3. The van der Waals surface area contributed by atoms with E-state index < -0.39 is 6.04 Å². The monoisotopic (exact) mass is 446 g/mol. The highest BCUT2D eigenvalue weighted by Crippen LogP contribution is 2.38. The number of carbonyl (C=O) groups is 3. The van der Waals surface area contributed by atoms with Gasteiger partial charge < -0.3 is 20.3 Å². The Morgan fingerprint density at radius 1 is 1.32 bits per heavy atom. The Kier molecular flexibility index (Phi) is 6.48. The van der Waals surface area contributed by atoms with Crippen LogP contribution in [-0.2, 0) is 14.3 Å². The maximum Gasteiger partial charge on any atom is 0.322 e. The number of carbonyl (C=O) groups excluding carboxylic acids is 3. The number of benzene rings is 1. The van der Waals surface area contributed by atoms with Crippen LogP contribution in [0, 0.1) is 0 Å². The Labute approximate surface area is 186 Å². The molecular formula is C22H27ClN4O4. The van der Waals surface area contributed by atoms with Crippen LogP contribution in [0.5, 0.6) is 0 Å². The van der Waals surface area contributed by atoms with Gasteiger partial charge in [0.2, 0.25) is 5.91 Å². The molecule has 3 heterocycles. The maximum absolute atomic E-state index is 13.3. The molecule has 0 spiro atoms. The van der Waals surface area contributed by atoms with Crippen LogP contribution in [0.4, 0.5) is 4.79 Å². The molecule has 4 amide bonds. The van der Waals surface area contributed by atoms with E-state index in [1.165, 1.54) is 0 Å². The van der Waals surface area contributed by atoms with E-state index in [4.69, 9.17) is 16.3 Å². The first-order valence-electron chi connectivity index (χ1n) is 10.7. The van der Waals surface area contributed by atoms with Crippen molar-refractivity contribution in [3.8, 4) is 0 Å². The molecule has 1 saturated heterocycles. The lowest BCUT2D eigenvalue weighted by atomic mass is 9.95. The third-order valence-corrected chi connectivity index (χ3v) is 6.33. The van der Waals surface area contributed by atoms with E-state index in [9.17, 15) is 14.4 Å². The molecule has 0 unspecified atom stereocenters. The molecule has 31 heavy (non-hydrogen) atoms. The minimum Gasteiger partial charge on any atom is -0.376 e. The fraction of sp³-hybridized carbons (Fsp3) is 0.500. The fourth-order valence-electron chi connectivity index (χ4n) is 4.36.